The Morgan fingerprint density at radius 2 is 1.39 bits per heavy atom. The molecule has 0 saturated carbocycles. The van der Waals surface area contributed by atoms with E-state index in [1.807, 2.05) is 13.0 Å². The van der Waals surface area contributed by atoms with E-state index in [2.05, 4.69) is 19.8 Å². The third-order valence-electron chi connectivity index (χ3n) is 5.84. The Labute approximate surface area is 179 Å². The smallest absolute Gasteiger partial charge is 0.356 e. The lowest BCUT2D eigenvalue weighted by Gasteiger charge is -2.36. The first-order valence-electron chi connectivity index (χ1n) is 10.6. The summed E-state index contributed by atoms with van der Waals surface area (Å²) in [5.41, 5.74) is -0.482. The fraction of sp³-hybridized carbons (Fsp3) is 0.500. The Morgan fingerprint density at radius 3 is 1.94 bits per heavy atom. The number of amides is 1. The molecule has 1 amide bonds. The molecule has 9 heteroatoms. The van der Waals surface area contributed by atoms with Gasteiger partial charge < -0.3 is 14.7 Å². The number of hydrogen-bond acceptors (Lipinski definition) is 5. The van der Waals surface area contributed by atoms with Crippen LogP contribution in [0.3, 0.4) is 0 Å². The Morgan fingerprint density at radius 1 is 0.839 bits per heavy atom. The maximum absolute atomic E-state index is 12.7. The molecule has 2 aromatic rings. The molecule has 0 unspecified atom stereocenters. The number of aryl methyl sites for hydroxylation is 1. The van der Waals surface area contributed by atoms with Crippen molar-refractivity contribution in [3.8, 4) is 0 Å². The second-order valence-electron chi connectivity index (χ2n) is 8.03. The fourth-order valence-electron chi connectivity index (χ4n) is 4.11. The number of benzene rings is 1. The number of alkyl halides is 3. The molecular formula is C22H26F3N5O. The van der Waals surface area contributed by atoms with Crippen molar-refractivity contribution in [3.05, 3.63) is 47.3 Å². The quantitative estimate of drug-likeness (QED) is 0.738. The minimum atomic E-state index is -4.41. The van der Waals surface area contributed by atoms with Gasteiger partial charge >= 0.3 is 6.18 Å². The number of nitrogens with zero attached hydrogens (tertiary/aromatic N) is 5. The van der Waals surface area contributed by atoms with Gasteiger partial charge in [-0.25, -0.2) is 9.97 Å². The number of hydrogen-bond donors (Lipinski definition) is 0. The van der Waals surface area contributed by atoms with Gasteiger partial charge in [-0.3, -0.25) is 4.79 Å². The van der Waals surface area contributed by atoms with Gasteiger partial charge in [-0.05, 0) is 50.5 Å². The van der Waals surface area contributed by atoms with E-state index in [0.717, 1.165) is 42.7 Å². The zero-order chi connectivity index (χ0) is 22.0. The highest BCUT2D eigenvalue weighted by Gasteiger charge is 2.31. The van der Waals surface area contributed by atoms with Crippen LogP contribution in [0.5, 0.6) is 0 Å². The summed E-state index contributed by atoms with van der Waals surface area (Å²) in [7, 11) is 0. The van der Waals surface area contributed by atoms with E-state index in [1.165, 1.54) is 31.4 Å². The molecule has 0 bridgehead atoms. The maximum Gasteiger partial charge on any atom is 0.416 e. The first kappa shape index (κ1) is 21.4. The van der Waals surface area contributed by atoms with Crippen LogP contribution in [0, 0.1) is 6.92 Å². The average molecular weight is 433 g/mol. The summed E-state index contributed by atoms with van der Waals surface area (Å²) in [6, 6.07) is 6.42. The van der Waals surface area contributed by atoms with Crippen molar-refractivity contribution in [2.45, 2.75) is 32.4 Å². The topological polar surface area (TPSA) is 52.6 Å². The van der Waals surface area contributed by atoms with Crippen molar-refractivity contribution in [1.29, 1.82) is 0 Å². The SMILES string of the molecule is Cc1nc(N2CCCCC2)cc(N2CCN(C(=O)c3ccc(C(F)(F)F)cc3)CC2)n1. The van der Waals surface area contributed by atoms with Crippen LogP contribution in [-0.2, 0) is 6.18 Å². The van der Waals surface area contributed by atoms with Gasteiger partial charge in [0.1, 0.15) is 17.5 Å². The number of rotatable bonds is 3. The van der Waals surface area contributed by atoms with Crippen molar-refractivity contribution in [3.63, 3.8) is 0 Å². The van der Waals surface area contributed by atoms with Gasteiger partial charge in [-0.1, -0.05) is 0 Å². The first-order chi connectivity index (χ1) is 14.8. The van der Waals surface area contributed by atoms with Crippen molar-refractivity contribution in [2.75, 3.05) is 49.1 Å². The predicted molar refractivity (Wildman–Crippen MR) is 112 cm³/mol. The van der Waals surface area contributed by atoms with Crippen LogP contribution >= 0.6 is 0 Å². The summed E-state index contributed by atoms with van der Waals surface area (Å²) in [5.74, 6) is 2.28. The highest BCUT2D eigenvalue weighted by molar-refractivity contribution is 5.94. The molecule has 2 aliphatic rings. The molecule has 6 nitrogen and oxygen atoms in total. The molecule has 2 saturated heterocycles. The second-order valence-corrected chi connectivity index (χ2v) is 8.03. The molecule has 0 aliphatic carbocycles. The summed E-state index contributed by atoms with van der Waals surface area (Å²) in [6.07, 6.45) is -0.815. The van der Waals surface area contributed by atoms with Crippen LogP contribution in [0.2, 0.25) is 0 Å². The van der Waals surface area contributed by atoms with E-state index < -0.39 is 11.7 Å². The lowest BCUT2D eigenvalue weighted by molar-refractivity contribution is -0.137. The van der Waals surface area contributed by atoms with E-state index in [9.17, 15) is 18.0 Å². The lowest BCUT2D eigenvalue weighted by atomic mass is 10.1. The molecule has 2 aliphatic heterocycles. The van der Waals surface area contributed by atoms with Crippen molar-refractivity contribution < 1.29 is 18.0 Å². The van der Waals surface area contributed by atoms with E-state index in [-0.39, 0.29) is 11.5 Å². The molecule has 0 N–H and O–H groups in total. The maximum atomic E-state index is 12.7. The summed E-state index contributed by atoms with van der Waals surface area (Å²) in [5, 5.41) is 0. The standard InChI is InChI=1S/C22H26F3N5O/c1-16-26-19(28-9-3-2-4-10-28)15-20(27-16)29-11-13-30(14-12-29)21(31)17-5-7-18(8-6-17)22(23,24)25/h5-8,15H,2-4,9-14H2,1H3. The zero-order valence-corrected chi connectivity index (χ0v) is 17.5. The minimum Gasteiger partial charge on any atom is -0.356 e. The van der Waals surface area contributed by atoms with Crippen molar-refractivity contribution in [2.24, 2.45) is 0 Å². The van der Waals surface area contributed by atoms with Gasteiger partial charge in [0.15, 0.2) is 0 Å². The Kier molecular flexibility index (Phi) is 6.02. The Balaban J connectivity index is 1.40. The van der Waals surface area contributed by atoms with Crippen LogP contribution in [0.25, 0.3) is 0 Å². The van der Waals surface area contributed by atoms with Gasteiger partial charge in [-0.15, -0.1) is 0 Å². The molecule has 2 fully saturated rings. The average Bonchev–Trinajstić information content (AvgIpc) is 2.78. The third kappa shape index (κ3) is 4.91. The molecule has 31 heavy (non-hydrogen) atoms. The number of halogens is 3. The fourth-order valence-corrected chi connectivity index (χ4v) is 4.11. The number of carbonyl (C=O) groups is 1. The van der Waals surface area contributed by atoms with Gasteiger partial charge in [0.05, 0.1) is 5.56 Å². The third-order valence-corrected chi connectivity index (χ3v) is 5.84. The van der Waals surface area contributed by atoms with Gasteiger partial charge in [0.25, 0.3) is 5.91 Å². The van der Waals surface area contributed by atoms with Crippen LogP contribution in [-0.4, -0.2) is 60.0 Å². The molecule has 166 valence electrons. The van der Waals surface area contributed by atoms with Crippen LogP contribution in [0.4, 0.5) is 24.8 Å². The highest BCUT2D eigenvalue weighted by Crippen LogP contribution is 2.29. The Bertz CT molecular complexity index is 918. The molecule has 4 rings (SSSR count). The van der Waals surface area contributed by atoms with E-state index >= 15 is 0 Å². The van der Waals surface area contributed by atoms with Crippen LogP contribution in [0.15, 0.2) is 30.3 Å². The number of aromatic nitrogens is 2. The summed E-state index contributed by atoms with van der Waals surface area (Å²) >= 11 is 0. The predicted octanol–water partition coefficient (Wildman–Crippen LogP) is 3.76. The second kappa shape index (κ2) is 8.72. The molecule has 0 atom stereocenters. The molecule has 3 heterocycles. The first-order valence-corrected chi connectivity index (χ1v) is 10.6. The normalized spacial score (nSPS) is 17.7. The van der Waals surface area contributed by atoms with E-state index in [0.29, 0.717) is 26.2 Å². The summed E-state index contributed by atoms with van der Waals surface area (Å²) in [6.45, 7) is 6.10. The number of anilines is 2. The van der Waals surface area contributed by atoms with Gasteiger partial charge in [-0.2, -0.15) is 13.2 Å². The lowest BCUT2D eigenvalue weighted by Crippen LogP contribution is -2.49. The number of carbonyl (C=O) groups excluding carboxylic acids is 1. The molecule has 0 spiro atoms. The monoisotopic (exact) mass is 433 g/mol. The van der Waals surface area contributed by atoms with E-state index in [4.69, 9.17) is 0 Å². The van der Waals surface area contributed by atoms with Crippen LogP contribution in [0.1, 0.15) is 41.0 Å². The molecule has 0 radical (unpaired) electrons. The molecular weight excluding hydrogens is 407 g/mol. The minimum absolute atomic E-state index is 0.249. The summed E-state index contributed by atoms with van der Waals surface area (Å²) < 4.78 is 38.2. The zero-order valence-electron chi connectivity index (χ0n) is 17.5. The highest BCUT2D eigenvalue weighted by atomic mass is 19.4. The Hall–Kier alpha value is -2.84. The van der Waals surface area contributed by atoms with Crippen molar-refractivity contribution in [1.82, 2.24) is 14.9 Å². The van der Waals surface area contributed by atoms with Gasteiger partial charge in [0.2, 0.25) is 0 Å². The largest absolute Gasteiger partial charge is 0.416 e. The number of piperidine rings is 1. The van der Waals surface area contributed by atoms with Crippen LogP contribution < -0.4 is 9.80 Å². The molecule has 1 aromatic carbocycles. The van der Waals surface area contributed by atoms with Crippen molar-refractivity contribution >= 4 is 17.5 Å². The summed E-state index contributed by atoms with van der Waals surface area (Å²) in [4.78, 5) is 28.0. The molecule has 1 aromatic heterocycles. The number of piperazine rings is 1. The van der Waals surface area contributed by atoms with E-state index in [1.54, 1.807) is 4.90 Å². The van der Waals surface area contributed by atoms with Gasteiger partial charge in [0, 0.05) is 50.9 Å².